The van der Waals surface area contributed by atoms with E-state index in [4.69, 9.17) is 9.57 Å². The van der Waals surface area contributed by atoms with Gasteiger partial charge in [-0.3, -0.25) is 4.31 Å². The van der Waals surface area contributed by atoms with E-state index in [1.807, 2.05) is 48.5 Å². The second-order valence-electron chi connectivity index (χ2n) is 8.67. The second-order valence-corrected chi connectivity index (χ2v) is 10.5. The third kappa shape index (κ3) is 4.98. The minimum atomic E-state index is -4.13. The number of sulfonamides is 1. The molecule has 0 saturated heterocycles. The molecular weight excluding hydrogens is 507 g/mol. The van der Waals surface area contributed by atoms with Crippen LogP contribution in [0.1, 0.15) is 11.1 Å². The zero-order valence-electron chi connectivity index (χ0n) is 20.5. The van der Waals surface area contributed by atoms with Gasteiger partial charge in [-0.15, -0.1) is 0 Å². The van der Waals surface area contributed by atoms with Gasteiger partial charge in [0.25, 0.3) is 10.0 Å². The first kappa shape index (κ1) is 25.4. The van der Waals surface area contributed by atoms with Crippen molar-refractivity contribution in [2.45, 2.75) is 11.0 Å². The normalized spacial score (nSPS) is 12.9. The number of ether oxygens (including phenoxy) is 1. The number of hydrogen-bond donors (Lipinski definition) is 1. The maximum atomic E-state index is 13.5. The van der Waals surface area contributed by atoms with Crippen molar-refractivity contribution in [3.05, 3.63) is 114 Å². The molecule has 0 aliphatic heterocycles. The summed E-state index contributed by atoms with van der Waals surface area (Å²) in [6.45, 7) is -0.566. The topological polar surface area (TPSA) is 88.4 Å². The highest BCUT2D eigenvalue weighted by Crippen LogP contribution is 2.36. The zero-order chi connectivity index (χ0) is 26.7. The molecule has 5 rings (SSSR count). The van der Waals surface area contributed by atoms with Crippen LogP contribution in [0.25, 0.3) is 11.1 Å². The van der Waals surface area contributed by atoms with Gasteiger partial charge >= 0.3 is 0 Å². The average molecular weight is 533 g/mol. The van der Waals surface area contributed by atoms with Crippen LogP contribution in [0.15, 0.2) is 107 Å². The Morgan fingerprint density at radius 1 is 0.842 bits per heavy atom. The summed E-state index contributed by atoms with van der Waals surface area (Å²) >= 11 is 0. The highest BCUT2D eigenvalue weighted by Gasteiger charge is 2.28. The summed E-state index contributed by atoms with van der Waals surface area (Å²) in [6.07, 6.45) is -1.22. The highest BCUT2D eigenvalue weighted by atomic mass is 32.2. The molecule has 0 amide bonds. The molecule has 0 saturated carbocycles. The Kier molecular flexibility index (Phi) is 7.13. The standard InChI is InChI=1S/C29H25FN2O5S/c1-36-23-14-12-21(13-15-23)32(38(34,35)24-16-10-20(30)11-17-24)18-22(33)19-37-31-29-27-8-4-2-6-25(27)26-7-3-5-9-28(26)29/h2-17,22,33H,18-19H2,1H3/t22-/m1/s1. The van der Waals surface area contributed by atoms with Crippen molar-refractivity contribution in [1.29, 1.82) is 0 Å². The quantitative estimate of drug-likeness (QED) is 0.275. The number of aliphatic hydroxyl groups excluding tert-OH is 1. The van der Waals surface area contributed by atoms with E-state index in [-0.39, 0.29) is 18.0 Å². The number of nitrogens with zero attached hydrogens (tertiary/aromatic N) is 2. The lowest BCUT2D eigenvalue weighted by Crippen LogP contribution is -2.39. The van der Waals surface area contributed by atoms with Gasteiger partial charge in [0.15, 0.2) is 0 Å². The van der Waals surface area contributed by atoms with Gasteiger partial charge in [0.1, 0.15) is 30.0 Å². The number of anilines is 1. The summed E-state index contributed by atoms with van der Waals surface area (Å²) in [4.78, 5) is 5.44. The van der Waals surface area contributed by atoms with Crippen LogP contribution < -0.4 is 9.04 Å². The molecule has 4 aromatic carbocycles. The number of benzene rings is 4. The van der Waals surface area contributed by atoms with E-state index in [0.29, 0.717) is 17.1 Å². The lowest BCUT2D eigenvalue weighted by Gasteiger charge is -2.26. The third-order valence-electron chi connectivity index (χ3n) is 6.22. The maximum Gasteiger partial charge on any atom is 0.264 e. The van der Waals surface area contributed by atoms with Crippen LogP contribution in [0, 0.1) is 5.82 Å². The van der Waals surface area contributed by atoms with Crippen LogP contribution in [0.4, 0.5) is 10.1 Å². The van der Waals surface area contributed by atoms with E-state index in [2.05, 4.69) is 5.16 Å². The first-order valence-electron chi connectivity index (χ1n) is 11.9. The maximum absolute atomic E-state index is 13.5. The summed E-state index contributed by atoms with van der Waals surface area (Å²) in [6, 6.07) is 26.6. The molecule has 4 aromatic rings. The lowest BCUT2D eigenvalue weighted by molar-refractivity contribution is 0.0456. The Labute approximate surface area is 220 Å². The number of fused-ring (bicyclic) bond motifs is 3. The Bertz CT molecular complexity index is 1520. The zero-order valence-corrected chi connectivity index (χ0v) is 21.3. The molecule has 1 aliphatic rings. The molecule has 38 heavy (non-hydrogen) atoms. The monoisotopic (exact) mass is 532 g/mol. The van der Waals surface area contributed by atoms with Crippen molar-refractivity contribution in [2.24, 2.45) is 5.16 Å². The molecule has 0 heterocycles. The fourth-order valence-corrected chi connectivity index (χ4v) is 5.85. The summed E-state index contributed by atoms with van der Waals surface area (Å²) < 4.78 is 46.7. The Hall–Kier alpha value is -4.21. The molecule has 194 valence electrons. The van der Waals surface area contributed by atoms with Crippen LogP contribution in [-0.2, 0) is 14.9 Å². The molecule has 9 heteroatoms. The van der Waals surface area contributed by atoms with Crippen LogP contribution in [0.2, 0.25) is 0 Å². The van der Waals surface area contributed by atoms with E-state index >= 15 is 0 Å². The third-order valence-corrected chi connectivity index (χ3v) is 8.02. The molecule has 0 bridgehead atoms. The van der Waals surface area contributed by atoms with Crippen molar-refractivity contribution in [1.82, 2.24) is 0 Å². The minimum absolute atomic E-state index is 0.109. The summed E-state index contributed by atoms with van der Waals surface area (Å²) in [5, 5.41) is 15.1. The van der Waals surface area contributed by atoms with Gasteiger partial charge in [-0.2, -0.15) is 0 Å². The molecule has 1 atom stereocenters. The van der Waals surface area contributed by atoms with E-state index in [0.717, 1.165) is 38.7 Å². The van der Waals surface area contributed by atoms with Crippen LogP contribution in [0.5, 0.6) is 5.75 Å². The van der Waals surface area contributed by atoms with Gasteiger partial charge in [0.2, 0.25) is 0 Å². The second kappa shape index (κ2) is 10.6. The number of oxime groups is 1. The fraction of sp³-hybridized carbons (Fsp3) is 0.138. The van der Waals surface area contributed by atoms with Crippen molar-refractivity contribution in [2.75, 3.05) is 24.6 Å². The predicted molar refractivity (Wildman–Crippen MR) is 143 cm³/mol. The first-order valence-corrected chi connectivity index (χ1v) is 13.3. The van der Waals surface area contributed by atoms with Gasteiger partial charge in [-0.1, -0.05) is 53.7 Å². The fourth-order valence-electron chi connectivity index (χ4n) is 4.35. The van der Waals surface area contributed by atoms with Gasteiger partial charge in [0.05, 0.1) is 24.2 Å². The SMILES string of the molecule is COc1ccc(N(C[C@@H](O)CON=C2c3ccccc3-c3ccccc32)S(=O)(=O)c2ccc(F)cc2)cc1. The van der Waals surface area contributed by atoms with Gasteiger partial charge in [0, 0.05) is 11.1 Å². The van der Waals surface area contributed by atoms with E-state index in [1.165, 1.54) is 19.2 Å². The predicted octanol–water partition coefficient (Wildman–Crippen LogP) is 4.84. The first-order chi connectivity index (χ1) is 18.4. The van der Waals surface area contributed by atoms with Crippen molar-refractivity contribution in [3.63, 3.8) is 0 Å². The number of hydrogen-bond acceptors (Lipinski definition) is 6. The van der Waals surface area contributed by atoms with Gasteiger partial charge < -0.3 is 14.7 Å². The summed E-state index contributed by atoms with van der Waals surface area (Å²) in [5.41, 5.74) is 4.88. The molecule has 0 aromatic heterocycles. The minimum Gasteiger partial charge on any atom is -0.497 e. The van der Waals surface area contributed by atoms with Crippen molar-refractivity contribution >= 4 is 21.4 Å². The van der Waals surface area contributed by atoms with E-state index in [9.17, 15) is 17.9 Å². The van der Waals surface area contributed by atoms with Crippen LogP contribution in [0.3, 0.4) is 0 Å². The molecule has 0 spiro atoms. The molecule has 7 nitrogen and oxygen atoms in total. The average Bonchev–Trinajstić information content (AvgIpc) is 3.26. The van der Waals surface area contributed by atoms with Gasteiger partial charge in [-0.25, -0.2) is 12.8 Å². The molecule has 1 N–H and O–H groups in total. The number of halogens is 1. The van der Waals surface area contributed by atoms with Crippen molar-refractivity contribution in [3.8, 4) is 16.9 Å². The van der Waals surface area contributed by atoms with Crippen LogP contribution >= 0.6 is 0 Å². The summed E-state index contributed by atoms with van der Waals surface area (Å²) in [7, 11) is -2.63. The van der Waals surface area contributed by atoms with Crippen LogP contribution in [-0.4, -0.2) is 45.6 Å². The molecular formula is C29H25FN2O5S. The molecule has 0 unspecified atom stereocenters. The number of aliphatic hydroxyl groups is 1. The largest absolute Gasteiger partial charge is 0.497 e. The van der Waals surface area contributed by atoms with E-state index < -0.39 is 21.9 Å². The smallest absolute Gasteiger partial charge is 0.264 e. The van der Waals surface area contributed by atoms with E-state index in [1.54, 1.807) is 24.3 Å². The Morgan fingerprint density at radius 3 is 1.95 bits per heavy atom. The lowest BCUT2D eigenvalue weighted by atomic mass is 10.1. The number of rotatable bonds is 9. The molecule has 0 radical (unpaired) electrons. The molecule has 0 fully saturated rings. The Balaban J connectivity index is 1.38. The summed E-state index contributed by atoms with van der Waals surface area (Å²) in [5.74, 6) is -0.00716. The number of methoxy groups -OCH3 is 1. The highest BCUT2D eigenvalue weighted by molar-refractivity contribution is 7.92. The van der Waals surface area contributed by atoms with Gasteiger partial charge in [-0.05, 0) is 59.7 Å². The molecule has 1 aliphatic carbocycles. The Morgan fingerprint density at radius 2 is 1.39 bits per heavy atom. The van der Waals surface area contributed by atoms with Crippen molar-refractivity contribution < 1.29 is 27.5 Å².